The number of rotatable bonds is 3. The Labute approximate surface area is 128 Å². The van der Waals surface area contributed by atoms with E-state index in [0.29, 0.717) is 31.6 Å². The van der Waals surface area contributed by atoms with Crippen molar-refractivity contribution in [3.8, 4) is 0 Å². The monoisotopic (exact) mass is 305 g/mol. The van der Waals surface area contributed by atoms with E-state index in [-0.39, 0.29) is 12.3 Å². The Hall–Kier alpha value is -1.92. The molecule has 2 N–H and O–H groups in total. The number of carbonyl (C=O) groups is 2. The fraction of sp³-hybridized carbons (Fsp3) is 0.500. The zero-order valence-corrected chi connectivity index (χ0v) is 12.2. The molecule has 1 aromatic rings. The minimum Gasteiger partial charge on any atom is -0.481 e. The summed E-state index contributed by atoms with van der Waals surface area (Å²) in [5.74, 6) is -2.67. The Morgan fingerprint density at radius 1 is 1.18 bits per heavy atom. The fourth-order valence-corrected chi connectivity index (χ4v) is 3.19. The van der Waals surface area contributed by atoms with Crippen molar-refractivity contribution in [2.75, 3.05) is 13.2 Å². The molecule has 2 fully saturated rings. The van der Waals surface area contributed by atoms with Gasteiger partial charge in [-0.05, 0) is 18.6 Å². The molecule has 6 nitrogen and oxygen atoms in total. The van der Waals surface area contributed by atoms with Crippen molar-refractivity contribution in [2.45, 2.75) is 31.1 Å². The largest absolute Gasteiger partial charge is 0.481 e. The lowest BCUT2D eigenvalue weighted by molar-refractivity contribution is -0.196. The normalized spacial score (nSPS) is 26.7. The van der Waals surface area contributed by atoms with Crippen LogP contribution in [-0.2, 0) is 14.3 Å². The van der Waals surface area contributed by atoms with E-state index < -0.39 is 23.7 Å². The van der Waals surface area contributed by atoms with E-state index in [1.54, 1.807) is 24.3 Å². The third-order valence-corrected chi connectivity index (χ3v) is 4.34. The van der Waals surface area contributed by atoms with Crippen molar-refractivity contribution in [1.29, 1.82) is 0 Å². The van der Waals surface area contributed by atoms with Crippen molar-refractivity contribution in [3.05, 3.63) is 35.9 Å². The number of ether oxygens (including phenoxy) is 2. The molecule has 2 aliphatic rings. The van der Waals surface area contributed by atoms with E-state index in [4.69, 9.17) is 9.47 Å². The molecule has 0 bridgehead atoms. The Morgan fingerprint density at radius 2 is 1.86 bits per heavy atom. The van der Waals surface area contributed by atoms with Crippen LogP contribution in [0.5, 0.6) is 0 Å². The highest BCUT2D eigenvalue weighted by atomic mass is 16.7. The van der Waals surface area contributed by atoms with E-state index in [1.165, 1.54) is 0 Å². The number of carbonyl (C=O) groups excluding carboxylic acids is 1. The van der Waals surface area contributed by atoms with E-state index in [0.717, 1.165) is 0 Å². The summed E-state index contributed by atoms with van der Waals surface area (Å²) >= 11 is 0. The van der Waals surface area contributed by atoms with Crippen LogP contribution in [-0.4, -0.2) is 42.0 Å². The topological polar surface area (TPSA) is 84.9 Å². The number of benzene rings is 1. The summed E-state index contributed by atoms with van der Waals surface area (Å²) < 4.78 is 11.2. The van der Waals surface area contributed by atoms with Crippen LogP contribution in [0.4, 0.5) is 0 Å². The molecular weight excluding hydrogens is 286 g/mol. The number of hydrogen-bond donors (Lipinski definition) is 2. The minimum absolute atomic E-state index is 0.249. The van der Waals surface area contributed by atoms with Gasteiger partial charge in [-0.1, -0.05) is 18.2 Å². The SMILES string of the molecule is O=C(NC1CCC2(CC1C(=O)O)OCCO2)c1ccccc1. The fourth-order valence-electron chi connectivity index (χ4n) is 3.19. The average Bonchev–Trinajstić information content (AvgIpc) is 2.98. The van der Waals surface area contributed by atoms with Gasteiger partial charge in [-0.25, -0.2) is 0 Å². The Kier molecular flexibility index (Phi) is 4.13. The number of amides is 1. The molecule has 1 aliphatic heterocycles. The zero-order valence-electron chi connectivity index (χ0n) is 12.2. The molecule has 1 saturated carbocycles. The molecule has 0 aromatic heterocycles. The van der Waals surface area contributed by atoms with Crippen LogP contribution >= 0.6 is 0 Å². The first-order valence-electron chi connectivity index (χ1n) is 7.46. The van der Waals surface area contributed by atoms with Gasteiger partial charge < -0.3 is 19.9 Å². The van der Waals surface area contributed by atoms with Gasteiger partial charge in [0.25, 0.3) is 5.91 Å². The van der Waals surface area contributed by atoms with Crippen LogP contribution < -0.4 is 5.32 Å². The van der Waals surface area contributed by atoms with Crippen LogP contribution in [0.3, 0.4) is 0 Å². The molecule has 22 heavy (non-hydrogen) atoms. The molecule has 1 spiro atoms. The van der Waals surface area contributed by atoms with Gasteiger partial charge in [0.05, 0.1) is 19.1 Å². The third-order valence-electron chi connectivity index (χ3n) is 4.34. The van der Waals surface area contributed by atoms with Gasteiger partial charge in [0.2, 0.25) is 0 Å². The number of carboxylic acid groups (broad SMARTS) is 1. The first kappa shape index (κ1) is 15.0. The Balaban J connectivity index is 1.70. The zero-order chi connectivity index (χ0) is 15.6. The summed E-state index contributed by atoms with van der Waals surface area (Å²) in [5, 5.41) is 12.3. The van der Waals surface area contributed by atoms with Crippen LogP contribution in [0, 0.1) is 5.92 Å². The van der Waals surface area contributed by atoms with Crippen molar-refractivity contribution in [3.63, 3.8) is 0 Å². The Bertz CT molecular complexity index is 553. The van der Waals surface area contributed by atoms with Crippen LogP contribution in [0.25, 0.3) is 0 Å². The van der Waals surface area contributed by atoms with Crippen molar-refractivity contribution in [1.82, 2.24) is 5.32 Å². The van der Waals surface area contributed by atoms with E-state index >= 15 is 0 Å². The molecule has 1 aromatic carbocycles. The van der Waals surface area contributed by atoms with Crippen molar-refractivity contribution in [2.24, 2.45) is 5.92 Å². The smallest absolute Gasteiger partial charge is 0.308 e. The maximum atomic E-state index is 12.2. The summed E-state index contributed by atoms with van der Waals surface area (Å²) in [7, 11) is 0. The second kappa shape index (κ2) is 6.06. The van der Waals surface area contributed by atoms with Crippen LogP contribution in [0.2, 0.25) is 0 Å². The van der Waals surface area contributed by atoms with Gasteiger partial charge in [0.15, 0.2) is 5.79 Å². The number of nitrogens with one attached hydrogen (secondary N) is 1. The molecule has 0 radical (unpaired) electrons. The lowest BCUT2D eigenvalue weighted by Crippen LogP contribution is -2.52. The number of carboxylic acids is 1. The third kappa shape index (κ3) is 2.98. The first-order chi connectivity index (χ1) is 10.6. The molecule has 118 valence electrons. The molecule has 6 heteroatoms. The van der Waals surface area contributed by atoms with E-state index in [1.807, 2.05) is 6.07 Å². The van der Waals surface area contributed by atoms with Gasteiger partial charge >= 0.3 is 5.97 Å². The second-order valence-corrected chi connectivity index (χ2v) is 5.74. The quantitative estimate of drug-likeness (QED) is 0.882. The molecule has 2 unspecified atom stereocenters. The van der Waals surface area contributed by atoms with Crippen LogP contribution in [0.15, 0.2) is 30.3 Å². The maximum Gasteiger partial charge on any atom is 0.308 e. The molecule has 1 saturated heterocycles. The van der Waals surface area contributed by atoms with Gasteiger partial charge in [-0.3, -0.25) is 9.59 Å². The summed E-state index contributed by atoms with van der Waals surface area (Å²) in [6.45, 7) is 0.987. The number of hydrogen-bond acceptors (Lipinski definition) is 4. The lowest BCUT2D eigenvalue weighted by atomic mass is 9.80. The predicted octanol–water partition coefficient (Wildman–Crippen LogP) is 1.41. The molecular formula is C16H19NO5. The van der Waals surface area contributed by atoms with Crippen molar-refractivity contribution >= 4 is 11.9 Å². The van der Waals surface area contributed by atoms with Gasteiger partial charge in [-0.15, -0.1) is 0 Å². The predicted molar refractivity (Wildman–Crippen MR) is 77.3 cm³/mol. The highest BCUT2D eigenvalue weighted by Gasteiger charge is 2.48. The highest BCUT2D eigenvalue weighted by molar-refractivity contribution is 5.94. The standard InChI is InChI=1S/C16H19NO5/c18-14(11-4-2-1-3-5-11)17-13-6-7-16(21-8-9-22-16)10-12(13)15(19)20/h1-5,12-13H,6-10H2,(H,17,18)(H,19,20). The van der Waals surface area contributed by atoms with E-state index in [9.17, 15) is 14.7 Å². The molecule has 1 heterocycles. The van der Waals surface area contributed by atoms with Gasteiger partial charge in [0.1, 0.15) is 0 Å². The molecule has 3 rings (SSSR count). The summed E-state index contributed by atoms with van der Waals surface area (Å²) in [6.07, 6.45) is 1.38. The summed E-state index contributed by atoms with van der Waals surface area (Å²) in [6, 6.07) is 8.38. The molecule has 2 atom stereocenters. The molecule has 1 aliphatic carbocycles. The first-order valence-corrected chi connectivity index (χ1v) is 7.46. The minimum atomic E-state index is -0.934. The second-order valence-electron chi connectivity index (χ2n) is 5.74. The van der Waals surface area contributed by atoms with Crippen molar-refractivity contribution < 1.29 is 24.2 Å². The average molecular weight is 305 g/mol. The van der Waals surface area contributed by atoms with Crippen LogP contribution in [0.1, 0.15) is 29.6 Å². The Morgan fingerprint density at radius 3 is 2.50 bits per heavy atom. The van der Waals surface area contributed by atoms with E-state index in [2.05, 4.69) is 5.32 Å². The summed E-state index contributed by atoms with van der Waals surface area (Å²) in [4.78, 5) is 23.8. The maximum absolute atomic E-state index is 12.2. The highest BCUT2D eigenvalue weighted by Crippen LogP contribution is 2.39. The number of aliphatic carboxylic acids is 1. The summed E-state index contributed by atoms with van der Waals surface area (Å²) in [5.41, 5.74) is 0.528. The van der Waals surface area contributed by atoms with Gasteiger partial charge in [0, 0.05) is 24.4 Å². The van der Waals surface area contributed by atoms with Gasteiger partial charge in [-0.2, -0.15) is 0 Å². The lowest BCUT2D eigenvalue weighted by Gasteiger charge is -2.39. The molecule has 1 amide bonds.